The van der Waals surface area contributed by atoms with Gasteiger partial charge >= 0.3 is 5.97 Å². The van der Waals surface area contributed by atoms with Crippen molar-refractivity contribution in [3.63, 3.8) is 0 Å². The van der Waals surface area contributed by atoms with Gasteiger partial charge in [0.1, 0.15) is 6.54 Å². The monoisotopic (exact) mass is 394 g/mol. The van der Waals surface area contributed by atoms with Crippen molar-refractivity contribution in [2.75, 3.05) is 24.6 Å². The van der Waals surface area contributed by atoms with Gasteiger partial charge < -0.3 is 15.0 Å². The van der Waals surface area contributed by atoms with Crippen LogP contribution in [0.1, 0.15) is 42.3 Å². The number of fused-ring (bicyclic) bond motifs is 1. The highest BCUT2D eigenvalue weighted by molar-refractivity contribution is 5.98. The van der Waals surface area contributed by atoms with Crippen molar-refractivity contribution in [3.05, 3.63) is 65.2 Å². The number of carbonyl (C=O) groups excluding carboxylic acids is 3. The van der Waals surface area contributed by atoms with Crippen LogP contribution in [-0.4, -0.2) is 37.5 Å². The van der Waals surface area contributed by atoms with Crippen LogP contribution < -0.4 is 10.2 Å². The molecule has 2 aromatic carbocycles. The standard InChI is InChI=1S/C23H26N2O4/c1-23(2,3)18-10-8-17(9-11-18)22(28)24-14-21(27)29-15-20(26)25-13-12-16-6-4-5-7-19(16)25/h4-11H,12-15H2,1-3H3,(H,24,28). The fourth-order valence-electron chi connectivity index (χ4n) is 3.24. The second-order valence-corrected chi connectivity index (χ2v) is 8.09. The van der Waals surface area contributed by atoms with Gasteiger partial charge in [0.25, 0.3) is 11.8 Å². The number of nitrogens with zero attached hydrogens (tertiary/aromatic N) is 1. The number of anilines is 1. The Morgan fingerprint density at radius 3 is 2.41 bits per heavy atom. The molecule has 0 bridgehead atoms. The lowest BCUT2D eigenvalue weighted by Crippen LogP contribution is -2.36. The fraction of sp³-hybridized carbons (Fsp3) is 0.348. The molecular weight excluding hydrogens is 368 g/mol. The average molecular weight is 394 g/mol. The Morgan fingerprint density at radius 1 is 1.03 bits per heavy atom. The highest BCUT2D eigenvalue weighted by atomic mass is 16.5. The second kappa shape index (κ2) is 8.47. The lowest BCUT2D eigenvalue weighted by molar-refractivity contribution is -0.146. The largest absolute Gasteiger partial charge is 0.454 e. The number of carbonyl (C=O) groups is 3. The highest BCUT2D eigenvalue weighted by Crippen LogP contribution is 2.27. The second-order valence-electron chi connectivity index (χ2n) is 8.09. The van der Waals surface area contributed by atoms with Gasteiger partial charge in [0.2, 0.25) is 0 Å². The summed E-state index contributed by atoms with van der Waals surface area (Å²) < 4.78 is 5.04. The Hall–Kier alpha value is -3.15. The summed E-state index contributed by atoms with van der Waals surface area (Å²) in [5.41, 5.74) is 3.56. The molecule has 3 rings (SSSR count). The maximum absolute atomic E-state index is 12.3. The van der Waals surface area contributed by atoms with E-state index < -0.39 is 5.97 Å². The highest BCUT2D eigenvalue weighted by Gasteiger charge is 2.25. The minimum Gasteiger partial charge on any atom is -0.454 e. The molecule has 0 fully saturated rings. The minimum atomic E-state index is -0.648. The predicted octanol–water partition coefficient (Wildman–Crippen LogP) is 2.85. The first kappa shape index (κ1) is 20.6. The fourth-order valence-corrected chi connectivity index (χ4v) is 3.24. The van der Waals surface area contributed by atoms with Crippen LogP contribution in [0, 0.1) is 0 Å². The molecule has 152 valence electrons. The van der Waals surface area contributed by atoms with Gasteiger partial charge in [0.05, 0.1) is 0 Å². The quantitative estimate of drug-likeness (QED) is 0.792. The van der Waals surface area contributed by atoms with Crippen LogP contribution in [0.5, 0.6) is 0 Å². The Kier molecular flexibility index (Phi) is 6.01. The minimum absolute atomic E-state index is 0.00120. The number of para-hydroxylation sites is 1. The first-order valence-corrected chi connectivity index (χ1v) is 9.68. The average Bonchev–Trinajstić information content (AvgIpc) is 3.14. The lowest BCUT2D eigenvalue weighted by atomic mass is 9.87. The number of benzene rings is 2. The van der Waals surface area contributed by atoms with Crippen LogP contribution in [0.3, 0.4) is 0 Å². The molecule has 0 saturated carbocycles. The maximum Gasteiger partial charge on any atom is 0.325 e. The third-order valence-electron chi connectivity index (χ3n) is 4.95. The molecule has 6 nitrogen and oxygen atoms in total. The van der Waals surface area contributed by atoms with Crippen molar-refractivity contribution in [1.29, 1.82) is 0 Å². The first-order chi connectivity index (χ1) is 13.8. The molecule has 0 radical (unpaired) electrons. The molecule has 29 heavy (non-hydrogen) atoms. The third kappa shape index (κ3) is 5.02. The third-order valence-corrected chi connectivity index (χ3v) is 4.95. The molecule has 1 aliphatic rings. The molecule has 0 spiro atoms. The molecule has 0 saturated heterocycles. The summed E-state index contributed by atoms with van der Waals surface area (Å²) >= 11 is 0. The molecule has 6 heteroatoms. The number of nitrogens with one attached hydrogen (secondary N) is 1. The normalized spacial score (nSPS) is 13.0. The van der Waals surface area contributed by atoms with Crippen LogP contribution in [0.4, 0.5) is 5.69 Å². The number of hydrogen-bond donors (Lipinski definition) is 1. The Bertz CT molecular complexity index is 913. The van der Waals surface area contributed by atoms with Crippen LogP contribution in [-0.2, 0) is 26.2 Å². The zero-order valence-electron chi connectivity index (χ0n) is 17.0. The molecule has 2 amide bonds. The predicted molar refractivity (Wildman–Crippen MR) is 111 cm³/mol. The van der Waals surface area contributed by atoms with Crippen molar-refractivity contribution >= 4 is 23.5 Å². The van der Waals surface area contributed by atoms with E-state index in [-0.39, 0.29) is 30.4 Å². The molecular formula is C23H26N2O4. The van der Waals surface area contributed by atoms with E-state index in [9.17, 15) is 14.4 Å². The van der Waals surface area contributed by atoms with Gasteiger partial charge in [-0.1, -0.05) is 51.1 Å². The van der Waals surface area contributed by atoms with E-state index in [0.29, 0.717) is 12.1 Å². The van der Waals surface area contributed by atoms with Crippen LogP contribution in [0.25, 0.3) is 0 Å². The number of hydrogen-bond acceptors (Lipinski definition) is 4. The van der Waals surface area contributed by atoms with E-state index in [2.05, 4.69) is 26.1 Å². The molecule has 1 aliphatic heterocycles. The van der Waals surface area contributed by atoms with Crippen LogP contribution in [0.15, 0.2) is 48.5 Å². The van der Waals surface area contributed by atoms with Crippen LogP contribution in [0.2, 0.25) is 0 Å². The van der Waals surface area contributed by atoms with Gasteiger partial charge in [-0.15, -0.1) is 0 Å². The summed E-state index contributed by atoms with van der Waals surface area (Å²) in [4.78, 5) is 38.1. The summed E-state index contributed by atoms with van der Waals surface area (Å²) in [5, 5.41) is 2.53. The Labute approximate surface area is 170 Å². The molecule has 1 heterocycles. The molecule has 0 unspecified atom stereocenters. The van der Waals surface area contributed by atoms with E-state index in [1.54, 1.807) is 17.0 Å². The Balaban J connectivity index is 1.45. The number of amides is 2. The molecule has 0 atom stereocenters. The molecule has 1 N–H and O–H groups in total. The van der Waals surface area contributed by atoms with E-state index >= 15 is 0 Å². The summed E-state index contributed by atoms with van der Waals surface area (Å²) in [6.07, 6.45) is 0.792. The van der Waals surface area contributed by atoms with Crippen molar-refractivity contribution < 1.29 is 19.1 Å². The summed E-state index contributed by atoms with van der Waals surface area (Å²) in [6.45, 7) is 6.24. The van der Waals surface area contributed by atoms with Gasteiger partial charge in [-0.25, -0.2) is 0 Å². The van der Waals surface area contributed by atoms with E-state index in [1.165, 1.54) is 0 Å². The first-order valence-electron chi connectivity index (χ1n) is 9.68. The van der Waals surface area contributed by atoms with Gasteiger partial charge in [-0.2, -0.15) is 0 Å². The van der Waals surface area contributed by atoms with Crippen molar-refractivity contribution in [1.82, 2.24) is 5.32 Å². The zero-order valence-corrected chi connectivity index (χ0v) is 17.0. The number of ether oxygens (including phenoxy) is 1. The topological polar surface area (TPSA) is 75.7 Å². The van der Waals surface area contributed by atoms with Gasteiger partial charge in [-0.05, 0) is 41.2 Å². The van der Waals surface area contributed by atoms with Crippen molar-refractivity contribution in [3.8, 4) is 0 Å². The van der Waals surface area contributed by atoms with E-state index in [4.69, 9.17) is 4.74 Å². The molecule has 0 aliphatic carbocycles. The van der Waals surface area contributed by atoms with Gasteiger partial charge in [0.15, 0.2) is 6.61 Å². The summed E-state index contributed by atoms with van der Waals surface area (Å²) in [7, 11) is 0. The van der Waals surface area contributed by atoms with Crippen LogP contribution >= 0.6 is 0 Å². The SMILES string of the molecule is CC(C)(C)c1ccc(C(=O)NCC(=O)OCC(=O)N2CCc3ccccc32)cc1. The number of esters is 1. The lowest BCUT2D eigenvalue weighted by Gasteiger charge is -2.19. The van der Waals surface area contributed by atoms with Crippen molar-refractivity contribution in [2.45, 2.75) is 32.6 Å². The van der Waals surface area contributed by atoms with E-state index in [1.807, 2.05) is 36.4 Å². The summed E-state index contributed by atoms with van der Waals surface area (Å²) in [6, 6.07) is 14.9. The van der Waals surface area contributed by atoms with Gasteiger partial charge in [-0.3, -0.25) is 14.4 Å². The molecule has 0 aromatic heterocycles. The zero-order chi connectivity index (χ0) is 21.0. The van der Waals surface area contributed by atoms with E-state index in [0.717, 1.165) is 23.2 Å². The smallest absolute Gasteiger partial charge is 0.325 e. The van der Waals surface area contributed by atoms with Gasteiger partial charge in [0, 0.05) is 17.8 Å². The molecule has 2 aromatic rings. The Morgan fingerprint density at radius 2 is 1.72 bits per heavy atom. The van der Waals surface area contributed by atoms with Crippen molar-refractivity contribution in [2.24, 2.45) is 0 Å². The maximum atomic E-state index is 12.3. The summed E-state index contributed by atoms with van der Waals surface area (Å²) in [5.74, 6) is -1.28. The number of rotatable bonds is 5.